The van der Waals surface area contributed by atoms with Gasteiger partial charge in [-0.2, -0.15) is 0 Å². The van der Waals surface area contributed by atoms with Gasteiger partial charge in [-0.3, -0.25) is 0 Å². The molecule has 0 spiro atoms. The number of hydrogen-bond donors (Lipinski definition) is 0. The van der Waals surface area contributed by atoms with Crippen LogP contribution in [0.3, 0.4) is 0 Å². The Hall–Kier alpha value is -2.60. The highest BCUT2D eigenvalue weighted by molar-refractivity contribution is 6.07. The molecule has 4 rings (SSSR count). The lowest BCUT2D eigenvalue weighted by Gasteiger charge is -2.16. The second-order valence-electron chi connectivity index (χ2n) is 6.82. The first kappa shape index (κ1) is 15.0. The molecule has 0 aliphatic heterocycles. The van der Waals surface area contributed by atoms with Crippen LogP contribution in [0.1, 0.15) is 22.3 Å². The van der Waals surface area contributed by atoms with E-state index in [1.165, 1.54) is 54.9 Å². The van der Waals surface area contributed by atoms with Gasteiger partial charge in [0, 0.05) is 0 Å². The Morgan fingerprint density at radius 2 is 0.792 bits per heavy atom. The Morgan fingerprint density at radius 1 is 0.458 bits per heavy atom. The minimum Gasteiger partial charge on any atom is -0.0616 e. The second-order valence-corrected chi connectivity index (χ2v) is 6.82. The summed E-state index contributed by atoms with van der Waals surface area (Å²) in [5.41, 5.74) is 8.14. The molecule has 0 amide bonds. The summed E-state index contributed by atoms with van der Waals surface area (Å²) in [4.78, 5) is 0. The van der Waals surface area contributed by atoms with Gasteiger partial charge in [-0.25, -0.2) is 0 Å². The van der Waals surface area contributed by atoms with Crippen LogP contribution in [-0.2, 0) is 0 Å². The first-order valence-corrected chi connectivity index (χ1v) is 8.56. The van der Waals surface area contributed by atoms with Crippen LogP contribution in [0.25, 0.3) is 32.7 Å². The van der Waals surface area contributed by atoms with Gasteiger partial charge in [0.25, 0.3) is 0 Å². The average Bonchev–Trinajstić information content (AvgIpc) is 2.61. The average molecular weight is 310 g/mol. The van der Waals surface area contributed by atoms with Crippen LogP contribution in [0.15, 0.2) is 60.7 Å². The summed E-state index contributed by atoms with van der Waals surface area (Å²) in [5.74, 6) is 0. The molecule has 0 aliphatic carbocycles. The maximum absolute atomic E-state index is 2.36. The summed E-state index contributed by atoms with van der Waals surface area (Å²) in [6, 6.07) is 22.3. The van der Waals surface area contributed by atoms with Crippen LogP contribution >= 0.6 is 0 Å². The maximum atomic E-state index is 2.36. The van der Waals surface area contributed by atoms with E-state index in [9.17, 15) is 0 Å². The third kappa shape index (κ3) is 2.14. The van der Waals surface area contributed by atoms with Crippen LogP contribution < -0.4 is 0 Å². The summed E-state index contributed by atoms with van der Waals surface area (Å²) >= 11 is 0. The van der Waals surface area contributed by atoms with Crippen molar-refractivity contribution in [2.45, 2.75) is 27.7 Å². The first-order chi connectivity index (χ1) is 11.6. The smallest absolute Gasteiger partial charge is 0.00962 e. The van der Waals surface area contributed by atoms with Crippen LogP contribution in [0.2, 0.25) is 0 Å². The molecule has 118 valence electrons. The van der Waals surface area contributed by atoms with Crippen molar-refractivity contribution in [2.75, 3.05) is 0 Å². The molecule has 24 heavy (non-hydrogen) atoms. The lowest BCUT2D eigenvalue weighted by molar-refractivity contribution is 1.36. The Bertz CT molecular complexity index is 995. The van der Waals surface area contributed by atoms with Gasteiger partial charge >= 0.3 is 0 Å². The number of hydrogen-bond acceptors (Lipinski definition) is 0. The lowest BCUT2D eigenvalue weighted by atomic mass is 9.87. The highest BCUT2D eigenvalue weighted by Gasteiger charge is 2.13. The van der Waals surface area contributed by atoms with Crippen molar-refractivity contribution in [3.8, 4) is 11.1 Å². The van der Waals surface area contributed by atoms with Crippen molar-refractivity contribution in [2.24, 2.45) is 0 Å². The highest BCUT2D eigenvalue weighted by atomic mass is 14.2. The third-order valence-corrected chi connectivity index (χ3v) is 5.44. The van der Waals surface area contributed by atoms with Gasteiger partial charge < -0.3 is 0 Å². The summed E-state index contributed by atoms with van der Waals surface area (Å²) in [6.07, 6.45) is 0. The van der Waals surface area contributed by atoms with Gasteiger partial charge in [0.1, 0.15) is 0 Å². The molecule has 0 saturated heterocycles. The van der Waals surface area contributed by atoms with Crippen LogP contribution in [0.5, 0.6) is 0 Å². The molecule has 0 atom stereocenters. The third-order valence-electron chi connectivity index (χ3n) is 5.44. The molecule has 0 N–H and O–H groups in total. The Balaban J connectivity index is 2.19. The monoisotopic (exact) mass is 310 g/mol. The molecule has 0 radical (unpaired) electrons. The standard InChI is InChI=1S/C24H22/c1-15-13-23(21-11-7-5-9-19(21)17(15)3)24-14-16(2)18(4)20-10-6-8-12-22(20)24/h5-14H,1-4H3. The van der Waals surface area contributed by atoms with Crippen molar-refractivity contribution in [1.29, 1.82) is 0 Å². The first-order valence-electron chi connectivity index (χ1n) is 8.56. The van der Waals surface area contributed by atoms with E-state index in [4.69, 9.17) is 0 Å². The zero-order chi connectivity index (χ0) is 16.8. The molecule has 0 heterocycles. The van der Waals surface area contributed by atoms with Gasteiger partial charge in [-0.15, -0.1) is 0 Å². The Morgan fingerprint density at radius 3 is 1.17 bits per heavy atom. The van der Waals surface area contributed by atoms with E-state index in [0.717, 1.165) is 0 Å². The Kier molecular flexibility index (Phi) is 3.42. The van der Waals surface area contributed by atoms with E-state index in [-0.39, 0.29) is 0 Å². The number of aryl methyl sites for hydroxylation is 4. The van der Waals surface area contributed by atoms with Crippen LogP contribution in [0.4, 0.5) is 0 Å². The van der Waals surface area contributed by atoms with Gasteiger partial charge in [0.15, 0.2) is 0 Å². The van der Waals surface area contributed by atoms with E-state index in [0.29, 0.717) is 0 Å². The van der Waals surface area contributed by atoms with Crippen LogP contribution in [-0.4, -0.2) is 0 Å². The predicted octanol–water partition coefficient (Wildman–Crippen LogP) is 6.89. The van der Waals surface area contributed by atoms with Crippen molar-refractivity contribution in [3.05, 3.63) is 82.9 Å². The summed E-state index contributed by atoms with van der Waals surface area (Å²) in [5, 5.41) is 5.40. The van der Waals surface area contributed by atoms with E-state index < -0.39 is 0 Å². The number of fused-ring (bicyclic) bond motifs is 2. The maximum Gasteiger partial charge on any atom is -0.00962 e. The topological polar surface area (TPSA) is 0 Å². The quantitative estimate of drug-likeness (QED) is 0.359. The molecule has 0 fully saturated rings. The normalized spacial score (nSPS) is 11.3. The molecule has 0 nitrogen and oxygen atoms in total. The van der Waals surface area contributed by atoms with Gasteiger partial charge in [0.05, 0.1) is 0 Å². The van der Waals surface area contributed by atoms with Gasteiger partial charge in [0.2, 0.25) is 0 Å². The SMILES string of the molecule is Cc1cc(-c2cc(C)c(C)c3ccccc23)c2ccccc2c1C. The lowest BCUT2D eigenvalue weighted by Crippen LogP contribution is -1.92. The van der Waals surface area contributed by atoms with Crippen LogP contribution in [0, 0.1) is 27.7 Å². The molecule has 0 bridgehead atoms. The minimum absolute atomic E-state index is 1.34. The summed E-state index contributed by atoms with van der Waals surface area (Å²) in [6.45, 7) is 8.88. The Labute approximate surface area is 143 Å². The van der Waals surface area contributed by atoms with Crippen molar-refractivity contribution in [1.82, 2.24) is 0 Å². The molecule has 0 unspecified atom stereocenters. The van der Waals surface area contributed by atoms with E-state index >= 15 is 0 Å². The fourth-order valence-corrected chi connectivity index (χ4v) is 3.77. The summed E-state index contributed by atoms with van der Waals surface area (Å²) in [7, 11) is 0. The van der Waals surface area contributed by atoms with E-state index in [1.807, 2.05) is 0 Å². The predicted molar refractivity (Wildman–Crippen MR) is 106 cm³/mol. The molecular weight excluding hydrogens is 288 g/mol. The van der Waals surface area contributed by atoms with Crippen molar-refractivity contribution >= 4 is 21.5 Å². The van der Waals surface area contributed by atoms with Crippen molar-refractivity contribution in [3.63, 3.8) is 0 Å². The zero-order valence-corrected chi connectivity index (χ0v) is 14.8. The highest BCUT2D eigenvalue weighted by Crippen LogP contribution is 2.38. The fourth-order valence-electron chi connectivity index (χ4n) is 3.77. The zero-order valence-electron chi connectivity index (χ0n) is 14.8. The van der Waals surface area contributed by atoms with Gasteiger partial charge in [-0.1, -0.05) is 60.7 Å². The molecule has 4 aromatic rings. The number of benzene rings is 4. The second kappa shape index (κ2) is 5.49. The molecule has 0 aromatic heterocycles. The molecule has 4 aromatic carbocycles. The van der Waals surface area contributed by atoms with E-state index in [2.05, 4.69) is 88.4 Å². The number of rotatable bonds is 1. The fraction of sp³-hybridized carbons (Fsp3) is 0.167. The van der Waals surface area contributed by atoms with E-state index in [1.54, 1.807) is 0 Å². The summed E-state index contributed by atoms with van der Waals surface area (Å²) < 4.78 is 0. The van der Waals surface area contributed by atoms with Crippen molar-refractivity contribution < 1.29 is 0 Å². The largest absolute Gasteiger partial charge is 0.0616 e. The molecule has 0 saturated carbocycles. The van der Waals surface area contributed by atoms with Gasteiger partial charge in [-0.05, 0) is 82.6 Å². The molecule has 0 heteroatoms. The molecule has 0 aliphatic rings. The molecular formula is C24H22. The minimum atomic E-state index is 1.34.